The van der Waals surface area contributed by atoms with E-state index in [0.29, 0.717) is 13.2 Å². The second-order valence-corrected chi connectivity index (χ2v) is 7.84. The van der Waals surface area contributed by atoms with E-state index in [1.165, 1.54) is 0 Å². The van der Waals surface area contributed by atoms with Gasteiger partial charge in [0.25, 0.3) is 0 Å². The quantitative estimate of drug-likeness (QED) is 0.592. The number of aromatic nitrogens is 1. The number of thiazole rings is 1. The average Bonchev–Trinajstić information content (AvgIpc) is 3.02. The first-order chi connectivity index (χ1) is 12.5. The second kappa shape index (κ2) is 7.78. The normalized spacial score (nSPS) is 11.0. The van der Waals surface area contributed by atoms with Crippen molar-refractivity contribution in [3.63, 3.8) is 0 Å². The van der Waals surface area contributed by atoms with Crippen molar-refractivity contribution in [2.24, 2.45) is 5.73 Å². The van der Waals surface area contributed by atoms with Crippen LogP contribution in [0.2, 0.25) is 5.02 Å². The van der Waals surface area contributed by atoms with Crippen LogP contribution in [0.15, 0.2) is 30.3 Å². The number of hydrogen-bond donors (Lipinski definition) is 1. The Morgan fingerprint density at radius 1 is 1.15 bits per heavy atom. The first-order valence-corrected chi connectivity index (χ1v) is 9.85. The van der Waals surface area contributed by atoms with Crippen LogP contribution in [0.1, 0.15) is 28.5 Å². The van der Waals surface area contributed by atoms with Gasteiger partial charge in [-0.05, 0) is 50.5 Å². The Morgan fingerprint density at radius 3 is 2.46 bits per heavy atom. The number of aryl methyl sites for hydroxylation is 2. The monoisotopic (exact) mass is 386 g/mol. The summed E-state index contributed by atoms with van der Waals surface area (Å²) in [6.45, 7) is 9.25. The maximum absolute atomic E-state index is 6.52. The zero-order valence-electron chi connectivity index (χ0n) is 15.5. The highest BCUT2D eigenvalue weighted by molar-refractivity contribution is 7.15. The van der Waals surface area contributed by atoms with E-state index in [0.717, 1.165) is 54.2 Å². The zero-order chi connectivity index (χ0) is 18.8. The van der Waals surface area contributed by atoms with Gasteiger partial charge in [-0.2, -0.15) is 0 Å². The summed E-state index contributed by atoms with van der Waals surface area (Å²) in [6.07, 6.45) is 0. The zero-order valence-corrected chi connectivity index (χ0v) is 17.1. The van der Waals surface area contributed by atoms with Gasteiger partial charge in [-0.25, -0.2) is 4.98 Å². The summed E-state index contributed by atoms with van der Waals surface area (Å²) in [5.74, 6) is 0.838. The fraction of sp³-hybridized carbons (Fsp3) is 0.286. The molecule has 3 aromatic rings. The topological polar surface area (TPSA) is 48.1 Å². The first kappa shape index (κ1) is 18.9. The summed E-state index contributed by atoms with van der Waals surface area (Å²) in [5, 5.41) is 1.75. The van der Waals surface area contributed by atoms with Crippen molar-refractivity contribution in [2.45, 2.75) is 34.2 Å². The van der Waals surface area contributed by atoms with Crippen LogP contribution in [-0.4, -0.2) is 11.6 Å². The molecule has 2 N–H and O–H groups in total. The van der Waals surface area contributed by atoms with E-state index in [1.807, 2.05) is 39.0 Å². The highest BCUT2D eigenvalue weighted by atomic mass is 35.5. The minimum atomic E-state index is 0.543. The number of benzene rings is 2. The Bertz CT molecular complexity index is 932. The number of nitrogens with two attached hydrogens (primary N) is 1. The lowest BCUT2D eigenvalue weighted by Crippen LogP contribution is -1.99. The lowest BCUT2D eigenvalue weighted by atomic mass is 10.0. The predicted octanol–water partition coefficient (Wildman–Crippen LogP) is 5.91. The molecule has 0 spiro atoms. The van der Waals surface area contributed by atoms with Gasteiger partial charge in [-0.1, -0.05) is 35.9 Å². The smallest absolute Gasteiger partial charge is 0.129 e. The Hall–Kier alpha value is -1.88. The summed E-state index contributed by atoms with van der Waals surface area (Å²) in [7, 11) is 0. The third-order valence-corrected chi connectivity index (χ3v) is 6.02. The van der Waals surface area contributed by atoms with Crippen molar-refractivity contribution in [3.05, 3.63) is 56.9 Å². The molecule has 0 atom stereocenters. The minimum Gasteiger partial charge on any atom is -0.493 e. The SMILES string of the molecule is CCOc1cc(C)c(Cl)c(C)c1-c1nc(-c2ccc(CN)cc2)sc1C. The Labute approximate surface area is 163 Å². The molecular formula is C21H23ClN2OS. The molecule has 0 bridgehead atoms. The van der Waals surface area contributed by atoms with E-state index in [1.54, 1.807) is 11.3 Å². The molecule has 136 valence electrons. The van der Waals surface area contributed by atoms with Crippen LogP contribution >= 0.6 is 22.9 Å². The van der Waals surface area contributed by atoms with Crippen LogP contribution in [0.3, 0.4) is 0 Å². The van der Waals surface area contributed by atoms with Gasteiger partial charge in [0.2, 0.25) is 0 Å². The predicted molar refractivity (Wildman–Crippen MR) is 111 cm³/mol. The van der Waals surface area contributed by atoms with Crippen LogP contribution in [-0.2, 0) is 6.54 Å². The molecule has 5 heteroatoms. The van der Waals surface area contributed by atoms with Gasteiger partial charge in [0, 0.05) is 27.6 Å². The second-order valence-electron chi connectivity index (χ2n) is 6.26. The van der Waals surface area contributed by atoms with Crippen LogP contribution in [0.4, 0.5) is 0 Å². The van der Waals surface area contributed by atoms with E-state index in [2.05, 4.69) is 19.1 Å². The number of nitrogens with zero attached hydrogens (tertiary/aromatic N) is 1. The van der Waals surface area contributed by atoms with Gasteiger partial charge in [0.05, 0.1) is 12.3 Å². The van der Waals surface area contributed by atoms with Crippen LogP contribution in [0, 0.1) is 20.8 Å². The Kier molecular flexibility index (Phi) is 5.66. The molecule has 0 aliphatic rings. The van der Waals surface area contributed by atoms with Crippen LogP contribution < -0.4 is 10.5 Å². The minimum absolute atomic E-state index is 0.543. The molecule has 0 aliphatic carbocycles. The maximum Gasteiger partial charge on any atom is 0.129 e. The summed E-state index contributed by atoms with van der Waals surface area (Å²) in [5.41, 5.74) is 11.8. The molecule has 26 heavy (non-hydrogen) atoms. The molecule has 0 unspecified atom stereocenters. The van der Waals surface area contributed by atoms with E-state index in [4.69, 9.17) is 27.1 Å². The van der Waals surface area contributed by atoms with Gasteiger partial charge in [0.1, 0.15) is 10.8 Å². The molecule has 3 rings (SSSR count). The number of hydrogen-bond acceptors (Lipinski definition) is 4. The van der Waals surface area contributed by atoms with Crippen molar-refractivity contribution in [1.82, 2.24) is 4.98 Å². The molecule has 2 aromatic carbocycles. The van der Waals surface area contributed by atoms with Crippen molar-refractivity contribution >= 4 is 22.9 Å². The molecule has 0 radical (unpaired) electrons. The Balaban J connectivity index is 2.13. The third-order valence-electron chi connectivity index (χ3n) is 4.41. The average molecular weight is 387 g/mol. The Morgan fingerprint density at radius 2 is 1.85 bits per heavy atom. The van der Waals surface area contributed by atoms with Crippen molar-refractivity contribution in [3.8, 4) is 27.6 Å². The van der Waals surface area contributed by atoms with Crippen molar-refractivity contribution < 1.29 is 4.74 Å². The van der Waals surface area contributed by atoms with Gasteiger partial charge in [0.15, 0.2) is 0 Å². The molecule has 0 saturated heterocycles. The van der Waals surface area contributed by atoms with Crippen LogP contribution in [0.25, 0.3) is 21.8 Å². The summed E-state index contributed by atoms with van der Waals surface area (Å²) < 4.78 is 5.90. The molecule has 0 amide bonds. The van der Waals surface area contributed by atoms with Crippen molar-refractivity contribution in [2.75, 3.05) is 6.61 Å². The molecule has 1 aromatic heterocycles. The number of ether oxygens (including phenoxy) is 1. The molecule has 0 aliphatic heterocycles. The largest absolute Gasteiger partial charge is 0.493 e. The van der Waals surface area contributed by atoms with E-state index >= 15 is 0 Å². The van der Waals surface area contributed by atoms with Crippen LogP contribution in [0.5, 0.6) is 5.75 Å². The fourth-order valence-electron chi connectivity index (χ4n) is 3.02. The number of rotatable bonds is 5. The summed E-state index contributed by atoms with van der Waals surface area (Å²) in [6, 6.07) is 10.2. The lowest BCUT2D eigenvalue weighted by Gasteiger charge is -2.15. The molecule has 3 nitrogen and oxygen atoms in total. The third kappa shape index (κ3) is 3.50. The maximum atomic E-state index is 6.52. The number of halogens is 1. The highest BCUT2D eigenvalue weighted by Gasteiger charge is 2.20. The summed E-state index contributed by atoms with van der Waals surface area (Å²) >= 11 is 8.20. The van der Waals surface area contributed by atoms with E-state index < -0.39 is 0 Å². The van der Waals surface area contributed by atoms with E-state index in [-0.39, 0.29) is 0 Å². The van der Waals surface area contributed by atoms with Gasteiger partial charge < -0.3 is 10.5 Å². The standard InChI is InChI=1S/C21H23ClN2OS/c1-5-25-17-10-12(2)19(22)13(3)18(17)20-14(4)26-21(24-20)16-8-6-15(11-23)7-9-16/h6-10H,5,11,23H2,1-4H3. The van der Waals surface area contributed by atoms with E-state index in [9.17, 15) is 0 Å². The summed E-state index contributed by atoms with van der Waals surface area (Å²) in [4.78, 5) is 6.07. The molecule has 0 saturated carbocycles. The fourth-order valence-corrected chi connectivity index (χ4v) is 4.10. The van der Waals surface area contributed by atoms with Gasteiger partial charge in [-0.3, -0.25) is 0 Å². The highest BCUT2D eigenvalue weighted by Crippen LogP contribution is 2.42. The molecule has 1 heterocycles. The molecular weight excluding hydrogens is 364 g/mol. The first-order valence-electron chi connectivity index (χ1n) is 8.65. The lowest BCUT2D eigenvalue weighted by molar-refractivity contribution is 0.341. The van der Waals surface area contributed by atoms with Gasteiger partial charge >= 0.3 is 0 Å². The molecule has 0 fully saturated rings. The van der Waals surface area contributed by atoms with Crippen molar-refractivity contribution in [1.29, 1.82) is 0 Å². The van der Waals surface area contributed by atoms with Gasteiger partial charge in [-0.15, -0.1) is 11.3 Å².